The van der Waals surface area contributed by atoms with E-state index in [0.29, 0.717) is 44.1 Å². The summed E-state index contributed by atoms with van der Waals surface area (Å²) < 4.78 is 0. The van der Waals surface area contributed by atoms with Crippen molar-refractivity contribution < 1.29 is 29.4 Å². The molecule has 0 aromatic heterocycles. The number of carbonyl (C=O) groups excluding carboxylic acids is 3. The lowest BCUT2D eigenvalue weighted by atomic mass is 9.33. The third-order valence-electron chi connectivity index (χ3n) is 14.3. The van der Waals surface area contributed by atoms with Crippen molar-refractivity contribution in [1.29, 1.82) is 5.26 Å². The molecule has 1 aromatic carbocycles. The molecule has 5 aliphatic rings. The monoisotopic (exact) mass is 655 g/mol. The molecule has 256 valence electrons. The van der Waals surface area contributed by atoms with Crippen LogP contribution >= 0.6 is 0 Å². The highest BCUT2D eigenvalue weighted by molar-refractivity contribution is 6.05. The van der Waals surface area contributed by atoms with Crippen LogP contribution in [-0.2, 0) is 14.4 Å². The lowest BCUT2D eigenvalue weighted by Crippen LogP contribution is -2.74. The summed E-state index contributed by atoms with van der Waals surface area (Å²) in [5.74, 6) is -1.57. The Morgan fingerprint density at radius 2 is 1.58 bits per heavy atom. The Balaban J connectivity index is 1.40. The summed E-state index contributed by atoms with van der Waals surface area (Å²) >= 11 is 0. The van der Waals surface area contributed by atoms with Crippen molar-refractivity contribution in [3.05, 3.63) is 59.2 Å². The van der Waals surface area contributed by atoms with Crippen LogP contribution < -0.4 is 10.6 Å². The number of hydrogen-bond acceptors (Lipinski definition) is 6. The largest absolute Gasteiger partial charge is 0.465 e. The fourth-order valence-corrected chi connectivity index (χ4v) is 11.3. The number of nitrogens with one attached hydrogen (secondary N) is 2. The van der Waals surface area contributed by atoms with Crippen LogP contribution in [0.25, 0.3) is 0 Å². The van der Waals surface area contributed by atoms with E-state index in [0.717, 1.165) is 12.0 Å². The van der Waals surface area contributed by atoms with Crippen LogP contribution in [0.4, 0.5) is 4.79 Å². The summed E-state index contributed by atoms with van der Waals surface area (Å²) in [7, 11) is 0. The number of Topliss-reactive ketones (excluding diaryl/α,β-unsaturated/α-hetero) is 1. The summed E-state index contributed by atoms with van der Waals surface area (Å²) in [6.45, 7) is 14.2. The van der Waals surface area contributed by atoms with Crippen molar-refractivity contribution in [2.75, 3.05) is 0 Å². The van der Waals surface area contributed by atoms with Crippen molar-refractivity contribution in [2.24, 2.45) is 38.9 Å². The smallest absolute Gasteiger partial charge is 0.405 e. The van der Waals surface area contributed by atoms with Gasteiger partial charge in [0, 0.05) is 27.7 Å². The van der Waals surface area contributed by atoms with Gasteiger partial charge in [0.2, 0.25) is 5.91 Å². The van der Waals surface area contributed by atoms with Gasteiger partial charge in [-0.25, -0.2) is 4.79 Å². The van der Waals surface area contributed by atoms with Crippen LogP contribution in [0.2, 0.25) is 0 Å². The maximum atomic E-state index is 14.7. The molecule has 3 saturated carbocycles. The Kier molecular flexibility index (Phi) is 7.54. The standard InChI is InChI=1S/C39H49N3O6/c1-33(2)25-13-14-37(6)26(36(25,5)20-24(22-40)30(33)44)19-28(43)39(48)27-21-35(4,17-15-34(27,3)16-18-38(37,39)7)42-31(45)29(41-32(46)47)23-11-9-8-10-12-23/h8-12,19-20,25,27,29,41,48H,13-18,21H2,1-7H3,(H,42,45)(H,46,47)/t25-,27+,29?,34+,35-,36-,37+,38-,39+/m0/s1. The maximum absolute atomic E-state index is 14.7. The van der Waals surface area contributed by atoms with E-state index in [2.05, 4.69) is 44.4 Å². The van der Waals surface area contributed by atoms with E-state index in [9.17, 15) is 34.7 Å². The Morgan fingerprint density at radius 1 is 0.938 bits per heavy atom. The van der Waals surface area contributed by atoms with Crippen LogP contribution in [0.1, 0.15) is 105 Å². The van der Waals surface area contributed by atoms with Gasteiger partial charge in [0.05, 0.1) is 5.57 Å². The Hall–Kier alpha value is -3.77. The van der Waals surface area contributed by atoms with Crippen LogP contribution in [-0.4, -0.2) is 44.9 Å². The normalized spacial score (nSPS) is 41.9. The Bertz CT molecular complexity index is 1710. The topological polar surface area (TPSA) is 157 Å². The highest BCUT2D eigenvalue weighted by atomic mass is 16.4. The fourth-order valence-electron chi connectivity index (χ4n) is 11.3. The predicted octanol–water partition coefficient (Wildman–Crippen LogP) is 6.20. The van der Waals surface area contributed by atoms with Crippen molar-refractivity contribution in [3.63, 3.8) is 0 Å². The van der Waals surface area contributed by atoms with Crippen molar-refractivity contribution >= 4 is 23.6 Å². The van der Waals surface area contributed by atoms with Crippen molar-refractivity contribution in [3.8, 4) is 6.07 Å². The number of rotatable bonds is 4. The zero-order valence-electron chi connectivity index (χ0n) is 29.2. The minimum absolute atomic E-state index is 0.101. The van der Waals surface area contributed by atoms with Crippen LogP contribution in [0.3, 0.4) is 0 Å². The number of amides is 2. The molecule has 5 aliphatic carbocycles. The number of carbonyl (C=O) groups is 4. The molecule has 4 N–H and O–H groups in total. The highest BCUT2D eigenvalue weighted by Crippen LogP contribution is 2.75. The molecule has 0 radical (unpaired) electrons. The van der Waals surface area contributed by atoms with Gasteiger partial charge in [-0.2, -0.15) is 5.26 Å². The van der Waals surface area contributed by atoms with E-state index in [1.54, 1.807) is 42.5 Å². The molecule has 48 heavy (non-hydrogen) atoms. The first-order chi connectivity index (χ1) is 22.2. The van der Waals surface area contributed by atoms with Gasteiger partial charge in [0.1, 0.15) is 17.7 Å². The summed E-state index contributed by atoms with van der Waals surface area (Å²) in [5, 5.41) is 38.2. The van der Waals surface area contributed by atoms with Gasteiger partial charge in [-0.05, 0) is 85.8 Å². The number of fused-ring (bicyclic) bond motifs is 7. The van der Waals surface area contributed by atoms with E-state index in [-0.39, 0.29) is 28.5 Å². The summed E-state index contributed by atoms with van der Waals surface area (Å²) in [6.07, 6.45) is 6.62. The quantitative estimate of drug-likeness (QED) is 0.301. The van der Waals surface area contributed by atoms with Gasteiger partial charge in [-0.15, -0.1) is 0 Å². The first kappa shape index (κ1) is 34.1. The fraction of sp³-hybridized carbons (Fsp3) is 0.615. The van der Waals surface area contributed by atoms with Crippen molar-refractivity contribution in [1.82, 2.24) is 10.6 Å². The van der Waals surface area contributed by atoms with Gasteiger partial charge >= 0.3 is 6.09 Å². The molecule has 0 aliphatic heterocycles. The highest BCUT2D eigenvalue weighted by Gasteiger charge is 2.75. The average molecular weight is 656 g/mol. The number of nitrogens with zero attached hydrogens (tertiary/aromatic N) is 1. The molecule has 1 unspecified atom stereocenters. The third kappa shape index (κ3) is 4.43. The second kappa shape index (κ2) is 10.6. The van der Waals surface area contributed by atoms with Gasteiger partial charge in [-0.3, -0.25) is 14.4 Å². The second-order valence-corrected chi connectivity index (χ2v) is 17.2. The van der Waals surface area contributed by atoms with E-state index < -0.39 is 56.8 Å². The number of hydrogen-bond donors (Lipinski definition) is 4. The maximum Gasteiger partial charge on any atom is 0.405 e. The molecule has 9 nitrogen and oxygen atoms in total. The summed E-state index contributed by atoms with van der Waals surface area (Å²) in [4.78, 5) is 53.6. The molecule has 0 saturated heterocycles. The number of carboxylic acid groups (broad SMARTS) is 1. The molecular formula is C39H49N3O6. The molecule has 2 amide bonds. The van der Waals surface area contributed by atoms with Crippen molar-refractivity contribution in [2.45, 2.75) is 111 Å². The van der Waals surface area contributed by atoms with Gasteiger partial charge in [-0.1, -0.05) is 78.0 Å². The van der Waals surface area contributed by atoms with Crippen LogP contribution in [0.15, 0.2) is 53.6 Å². The number of ketones is 2. The molecule has 1 aromatic rings. The third-order valence-corrected chi connectivity index (χ3v) is 14.3. The van der Waals surface area contributed by atoms with Gasteiger partial charge in [0.25, 0.3) is 0 Å². The molecule has 3 fully saturated rings. The minimum atomic E-state index is -1.73. The molecule has 9 atom stereocenters. The zero-order chi connectivity index (χ0) is 35.3. The lowest BCUT2D eigenvalue weighted by Gasteiger charge is -2.71. The Labute approximate surface area is 283 Å². The minimum Gasteiger partial charge on any atom is -0.465 e. The van der Waals surface area contributed by atoms with Gasteiger partial charge in [0.15, 0.2) is 11.6 Å². The molecule has 9 heteroatoms. The molecular weight excluding hydrogens is 606 g/mol. The van der Waals surface area contributed by atoms with Crippen LogP contribution in [0, 0.1) is 50.2 Å². The van der Waals surface area contributed by atoms with Gasteiger partial charge < -0.3 is 20.8 Å². The molecule has 0 bridgehead atoms. The van der Waals surface area contributed by atoms with E-state index in [1.807, 2.05) is 20.8 Å². The second-order valence-electron chi connectivity index (χ2n) is 17.2. The van der Waals surface area contributed by atoms with E-state index in [1.165, 1.54) is 0 Å². The summed E-state index contributed by atoms with van der Waals surface area (Å²) in [6, 6.07) is 9.71. The SMILES string of the molecule is CC1(C)C(=O)C(C#N)=C[C@]2(C)C3=CC(=O)[C@]4(O)[C@@H]5C[C@@](C)(NC(=O)C(NC(=O)O)c6ccccc6)CC[C@]5(C)CC[C@@]4(C)[C@]3(C)CC[C@@H]12. The summed E-state index contributed by atoms with van der Waals surface area (Å²) in [5.41, 5.74) is -4.30. The molecule has 0 heterocycles. The lowest BCUT2D eigenvalue weighted by molar-refractivity contribution is -0.240. The van der Waals surface area contributed by atoms with E-state index >= 15 is 0 Å². The first-order valence-electron chi connectivity index (χ1n) is 17.3. The van der Waals surface area contributed by atoms with E-state index in [4.69, 9.17) is 0 Å². The number of aliphatic hydroxyl groups is 1. The Morgan fingerprint density at radius 3 is 2.21 bits per heavy atom. The average Bonchev–Trinajstić information content (AvgIpc) is 3.02. The molecule has 0 spiro atoms. The number of allylic oxidation sites excluding steroid dienone is 3. The first-order valence-corrected chi connectivity index (χ1v) is 17.3. The zero-order valence-corrected chi connectivity index (χ0v) is 29.2. The number of benzene rings is 1. The predicted molar refractivity (Wildman–Crippen MR) is 179 cm³/mol. The molecule has 6 rings (SSSR count). The number of nitriles is 1. The van der Waals surface area contributed by atoms with Crippen LogP contribution in [0.5, 0.6) is 0 Å².